The fraction of sp³-hybridized carbons (Fsp3) is 0.250. The normalized spacial score (nSPS) is 29.7. The number of para-hydroxylation sites is 1. The zero-order valence-corrected chi connectivity index (χ0v) is 10.8. The number of thioether (sulfide) groups is 1. The predicted molar refractivity (Wildman–Crippen MR) is 71.8 cm³/mol. The average Bonchev–Trinajstić information content (AvgIpc) is 2.83. The van der Waals surface area contributed by atoms with Gasteiger partial charge in [0.2, 0.25) is 0 Å². The van der Waals surface area contributed by atoms with Crippen LogP contribution in [-0.2, 0) is 15.2 Å². The zero-order chi connectivity index (χ0) is 13.8. The molecule has 0 radical (unpaired) electrons. The summed E-state index contributed by atoms with van der Waals surface area (Å²) in [4.78, 5) is 29.1. The summed E-state index contributed by atoms with van der Waals surface area (Å²) in [5.41, 5.74) is 4.60. The van der Waals surface area contributed by atoms with Crippen molar-refractivity contribution < 1.29 is 14.7 Å². The summed E-state index contributed by atoms with van der Waals surface area (Å²) in [7, 11) is 1.56. The van der Waals surface area contributed by atoms with Gasteiger partial charge in [-0.15, -0.1) is 0 Å². The number of amidine groups is 1. The Morgan fingerprint density at radius 3 is 2.74 bits per heavy atom. The first-order valence-electron chi connectivity index (χ1n) is 5.61. The van der Waals surface area contributed by atoms with Gasteiger partial charge in [0, 0.05) is 12.6 Å². The van der Waals surface area contributed by atoms with Crippen LogP contribution in [0.15, 0.2) is 29.3 Å². The molecule has 2 atom stereocenters. The van der Waals surface area contributed by atoms with Crippen LogP contribution in [0.3, 0.4) is 0 Å². The number of hydrogen-bond acceptors (Lipinski definition) is 5. The van der Waals surface area contributed by atoms with Crippen LogP contribution in [0.4, 0.5) is 5.69 Å². The van der Waals surface area contributed by atoms with Crippen molar-refractivity contribution in [1.82, 2.24) is 0 Å². The molecule has 1 aromatic carbocycles. The molecule has 19 heavy (non-hydrogen) atoms. The van der Waals surface area contributed by atoms with E-state index in [0.717, 1.165) is 11.8 Å². The van der Waals surface area contributed by atoms with Gasteiger partial charge in [0.25, 0.3) is 11.8 Å². The molecule has 0 bridgehead atoms. The highest BCUT2D eigenvalue weighted by Crippen LogP contribution is 2.46. The third-order valence-electron chi connectivity index (χ3n) is 3.37. The number of nitrogens with zero attached hydrogens (tertiary/aromatic N) is 2. The maximum atomic E-state index is 12.3. The number of anilines is 1. The second-order valence-electron chi connectivity index (χ2n) is 4.43. The number of fused-ring (bicyclic) bond motifs is 1. The molecule has 6 nitrogen and oxygen atoms in total. The van der Waals surface area contributed by atoms with Gasteiger partial charge in [0.05, 0.1) is 5.69 Å². The minimum absolute atomic E-state index is 0.0725. The first-order valence-corrected chi connectivity index (χ1v) is 6.49. The predicted octanol–water partition coefficient (Wildman–Crippen LogP) is -0.193. The Morgan fingerprint density at radius 2 is 2.11 bits per heavy atom. The van der Waals surface area contributed by atoms with Crippen LogP contribution in [0.2, 0.25) is 0 Å². The Hall–Kier alpha value is -1.86. The molecule has 0 aliphatic carbocycles. The van der Waals surface area contributed by atoms with E-state index in [1.54, 1.807) is 31.3 Å². The van der Waals surface area contributed by atoms with Gasteiger partial charge in [-0.05, 0) is 6.07 Å². The lowest BCUT2D eigenvalue weighted by Crippen LogP contribution is -2.48. The van der Waals surface area contributed by atoms with Gasteiger partial charge in [0.15, 0.2) is 10.8 Å². The van der Waals surface area contributed by atoms with Gasteiger partial charge in [0.1, 0.15) is 5.25 Å². The lowest BCUT2D eigenvalue weighted by atomic mass is 9.91. The van der Waals surface area contributed by atoms with Gasteiger partial charge in [-0.2, -0.15) is 4.99 Å². The number of rotatable bonds is 1. The third-order valence-corrected chi connectivity index (χ3v) is 4.48. The molecule has 2 aliphatic rings. The maximum Gasteiger partial charge on any atom is 0.265 e. The van der Waals surface area contributed by atoms with Crippen molar-refractivity contribution in [1.29, 1.82) is 0 Å². The van der Waals surface area contributed by atoms with Gasteiger partial charge in [-0.1, -0.05) is 30.0 Å². The molecular weight excluding hydrogens is 266 g/mol. The smallest absolute Gasteiger partial charge is 0.265 e. The summed E-state index contributed by atoms with van der Waals surface area (Å²) in [6, 6.07) is 6.84. The summed E-state index contributed by atoms with van der Waals surface area (Å²) in [6.07, 6.45) is 0. The SMILES string of the molecule is CN1C(=O)[C@](O)([C@H]2SC(N)=NC2=O)c2ccccc21. The van der Waals surface area contributed by atoms with Crippen LogP contribution in [0.5, 0.6) is 0 Å². The molecule has 0 aromatic heterocycles. The largest absolute Gasteiger partial charge is 0.378 e. The van der Waals surface area contributed by atoms with Crippen LogP contribution in [-0.4, -0.2) is 34.4 Å². The van der Waals surface area contributed by atoms with E-state index in [4.69, 9.17) is 5.73 Å². The van der Waals surface area contributed by atoms with Gasteiger partial charge in [-0.3, -0.25) is 9.59 Å². The van der Waals surface area contributed by atoms with E-state index in [2.05, 4.69) is 4.99 Å². The first kappa shape index (κ1) is 12.2. The molecule has 2 heterocycles. The first-order chi connectivity index (χ1) is 8.96. The van der Waals surface area contributed by atoms with Crippen molar-refractivity contribution in [3.63, 3.8) is 0 Å². The standard InChI is InChI=1S/C12H11N3O3S/c1-15-7-5-3-2-4-6(7)12(18,10(15)17)8-9(16)14-11(13)19-8/h2-5,8,18H,1H3,(H2,13,14,16)/t8-,12+/m0/s1. The minimum atomic E-state index is -1.91. The van der Waals surface area contributed by atoms with Crippen LogP contribution in [0.25, 0.3) is 0 Å². The quantitative estimate of drug-likeness (QED) is 0.741. The van der Waals surface area contributed by atoms with Crippen LogP contribution in [0, 0.1) is 0 Å². The van der Waals surface area contributed by atoms with Crippen molar-refractivity contribution in [3.05, 3.63) is 29.8 Å². The molecule has 0 unspecified atom stereocenters. The van der Waals surface area contributed by atoms with E-state index in [1.165, 1.54) is 4.90 Å². The van der Waals surface area contributed by atoms with Crippen molar-refractivity contribution in [2.45, 2.75) is 10.9 Å². The molecule has 98 valence electrons. The van der Waals surface area contributed by atoms with Gasteiger partial charge >= 0.3 is 0 Å². The number of nitrogens with two attached hydrogens (primary N) is 1. The van der Waals surface area contributed by atoms with E-state index in [1.807, 2.05) is 0 Å². The molecular formula is C12H11N3O3S. The van der Waals surface area contributed by atoms with E-state index in [-0.39, 0.29) is 5.17 Å². The monoisotopic (exact) mass is 277 g/mol. The summed E-state index contributed by atoms with van der Waals surface area (Å²) in [5, 5.41) is 9.86. The molecule has 2 amide bonds. The lowest BCUT2D eigenvalue weighted by molar-refractivity contribution is -0.140. The van der Waals surface area contributed by atoms with Crippen molar-refractivity contribution in [2.24, 2.45) is 10.7 Å². The third kappa shape index (κ3) is 1.45. The van der Waals surface area contributed by atoms with Crippen LogP contribution in [0.1, 0.15) is 5.56 Å². The number of aliphatic imine (C=N–C) groups is 1. The number of carbonyl (C=O) groups excluding carboxylic acids is 2. The summed E-state index contributed by atoms with van der Waals surface area (Å²) in [5.74, 6) is -1.12. The number of hydrogen-bond donors (Lipinski definition) is 2. The van der Waals surface area contributed by atoms with Gasteiger partial charge < -0.3 is 15.7 Å². The number of aliphatic hydroxyl groups is 1. The fourth-order valence-corrected chi connectivity index (χ4v) is 3.39. The topological polar surface area (TPSA) is 96.0 Å². The fourth-order valence-electron chi connectivity index (χ4n) is 2.45. The van der Waals surface area contributed by atoms with Gasteiger partial charge in [-0.25, -0.2) is 0 Å². The molecule has 0 saturated carbocycles. The summed E-state index contributed by atoms with van der Waals surface area (Å²) in [6.45, 7) is 0. The zero-order valence-electron chi connectivity index (χ0n) is 10.0. The number of likely N-dealkylation sites (N-methyl/N-ethyl adjacent to an activating group) is 1. The van der Waals surface area contributed by atoms with Crippen molar-refractivity contribution >= 4 is 34.4 Å². The molecule has 0 fully saturated rings. The van der Waals surface area contributed by atoms with Crippen molar-refractivity contribution in [3.8, 4) is 0 Å². The molecule has 0 saturated heterocycles. The Morgan fingerprint density at radius 1 is 1.42 bits per heavy atom. The van der Waals surface area contributed by atoms with Crippen molar-refractivity contribution in [2.75, 3.05) is 11.9 Å². The Balaban J connectivity index is 2.15. The Labute approximate surface area is 113 Å². The van der Waals surface area contributed by atoms with E-state index in [0.29, 0.717) is 11.3 Å². The molecule has 1 aromatic rings. The van der Waals surface area contributed by atoms with Crippen LogP contribution < -0.4 is 10.6 Å². The lowest BCUT2D eigenvalue weighted by Gasteiger charge is -2.25. The highest BCUT2D eigenvalue weighted by atomic mass is 32.2. The molecule has 2 aliphatic heterocycles. The second kappa shape index (κ2) is 3.82. The van der Waals surface area contributed by atoms with E-state index in [9.17, 15) is 14.7 Å². The van der Waals surface area contributed by atoms with E-state index < -0.39 is 22.7 Å². The summed E-state index contributed by atoms with van der Waals surface area (Å²) >= 11 is 0.920. The number of amides is 2. The second-order valence-corrected chi connectivity index (χ2v) is 5.56. The van der Waals surface area contributed by atoms with E-state index >= 15 is 0 Å². The number of benzene rings is 1. The summed E-state index contributed by atoms with van der Waals surface area (Å²) < 4.78 is 0. The molecule has 7 heteroatoms. The average molecular weight is 277 g/mol. The Bertz CT molecular complexity index is 630. The molecule has 3 N–H and O–H groups in total. The number of carbonyl (C=O) groups is 2. The minimum Gasteiger partial charge on any atom is -0.378 e. The maximum absolute atomic E-state index is 12.3. The molecule has 3 rings (SSSR count). The highest BCUT2D eigenvalue weighted by Gasteiger charge is 2.58. The van der Waals surface area contributed by atoms with Crippen LogP contribution >= 0.6 is 11.8 Å². The highest BCUT2D eigenvalue weighted by molar-refractivity contribution is 8.15. The molecule has 0 spiro atoms. The Kier molecular flexibility index (Phi) is 2.45.